The number of hydrogen-bond acceptors (Lipinski definition) is 5. The monoisotopic (exact) mass is 256 g/mol. The molecule has 1 saturated carbocycles. The van der Waals surface area contributed by atoms with Gasteiger partial charge < -0.3 is 5.32 Å². The summed E-state index contributed by atoms with van der Waals surface area (Å²) in [7, 11) is 0. The molecule has 6 nitrogen and oxygen atoms in total. The minimum atomic E-state index is -0.554. The second-order valence-corrected chi connectivity index (χ2v) is 4.51. The maximum atomic E-state index is 10.9. The van der Waals surface area contributed by atoms with Crippen LogP contribution in [0, 0.1) is 16.0 Å². The Bertz CT molecular complexity index is 440. The van der Waals surface area contributed by atoms with E-state index in [1.165, 1.54) is 6.33 Å². The molecule has 2 atom stereocenters. The van der Waals surface area contributed by atoms with Crippen LogP contribution in [0.15, 0.2) is 6.33 Å². The quantitative estimate of drug-likeness (QED) is 0.498. The summed E-state index contributed by atoms with van der Waals surface area (Å²) in [6, 6.07) is 0.277. The second kappa shape index (κ2) is 4.83. The third-order valence-corrected chi connectivity index (χ3v) is 3.14. The van der Waals surface area contributed by atoms with E-state index in [0.717, 1.165) is 19.3 Å². The van der Waals surface area contributed by atoms with Gasteiger partial charge in [0.15, 0.2) is 0 Å². The van der Waals surface area contributed by atoms with Crippen molar-refractivity contribution in [2.45, 2.75) is 32.2 Å². The van der Waals surface area contributed by atoms with E-state index >= 15 is 0 Å². The van der Waals surface area contributed by atoms with Gasteiger partial charge in [0, 0.05) is 6.04 Å². The van der Waals surface area contributed by atoms with Gasteiger partial charge in [-0.3, -0.25) is 10.1 Å². The number of anilines is 1. The van der Waals surface area contributed by atoms with Crippen molar-refractivity contribution in [1.29, 1.82) is 0 Å². The summed E-state index contributed by atoms with van der Waals surface area (Å²) in [6.45, 7) is 2.12. The van der Waals surface area contributed by atoms with Crippen molar-refractivity contribution < 1.29 is 4.92 Å². The van der Waals surface area contributed by atoms with Crippen molar-refractivity contribution in [3.63, 3.8) is 0 Å². The molecule has 0 spiro atoms. The van der Waals surface area contributed by atoms with Crippen LogP contribution < -0.4 is 5.32 Å². The summed E-state index contributed by atoms with van der Waals surface area (Å²) in [5, 5.41) is 13.8. The molecule has 0 bridgehead atoms. The number of hydrogen-bond donors (Lipinski definition) is 1. The molecule has 1 aromatic heterocycles. The van der Waals surface area contributed by atoms with Crippen LogP contribution in [0.25, 0.3) is 0 Å². The van der Waals surface area contributed by atoms with Crippen LogP contribution in [0.5, 0.6) is 0 Å². The minimum Gasteiger partial charge on any atom is -0.361 e. The highest BCUT2D eigenvalue weighted by atomic mass is 35.5. The lowest BCUT2D eigenvalue weighted by atomic mass is 10.2. The maximum absolute atomic E-state index is 10.9. The first-order valence-corrected chi connectivity index (χ1v) is 5.92. The summed E-state index contributed by atoms with van der Waals surface area (Å²) in [5.74, 6) is 0.812. The van der Waals surface area contributed by atoms with Crippen molar-refractivity contribution in [1.82, 2.24) is 9.97 Å². The molecule has 0 aliphatic heterocycles. The molecule has 2 rings (SSSR count). The van der Waals surface area contributed by atoms with Crippen molar-refractivity contribution >= 4 is 23.1 Å². The van der Waals surface area contributed by atoms with Crippen molar-refractivity contribution in [3.8, 4) is 0 Å². The van der Waals surface area contributed by atoms with E-state index in [-0.39, 0.29) is 22.7 Å². The van der Waals surface area contributed by atoms with Gasteiger partial charge in [0.2, 0.25) is 11.0 Å². The SMILES string of the molecule is CCCC1CC1Nc1ncnc(Cl)c1[N+](=O)[O-]. The molecule has 92 valence electrons. The Labute approximate surface area is 104 Å². The standard InChI is InChI=1S/C10H13ClN4O2/c1-2-3-6-4-7(6)14-10-8(15(16)17)9(11)12-5-13-10/h5-7H,2-4H2,1H3,(H,12,13,14). The van der Waals surface area contributed by atoms with E-state index in [1.807, 2.05) is 0 Å². The van der Waals surface area contributed by atoms with E-state index in [4.69, 9.17) is 11.6 Å². The number of nitro groups is 1. The molecule has 0 radical (unpaired) electrons. The molecule has 2 unspecified atom stereocenters. The zero-order chi connectivity index (χ0) is 12.4. The van der Waals surface area contributed by atoms with Gasteiger partial charge in [0.25, 0.3) is 0 Å². The van der Waals surface area contributed by atoms with Gasteiger partial charge in [0.05, 0.1) is 4.92 Å². The molecule has 1 N–H and O–H groups in total. The summed E-state index contributed by atoms with van der Waals surface area (Å²) in [6.07, 6.45) is 4.52. The highest BCUT2D eigenvalue weighted by Gasteiger charge is 2.38. The number of halogens is 1. The van der Waals surface area contributed by atoms with Crippen LogP contribution in [0.1, 0.15) is 26.2 Å². The Hall–Kier alpha value is -1.43. The van der Waals surface area contributed by atoms with Crippen molar-refractivity contribution in [3.05, 3.63) is 21.6 Å². The molecule has 1 aliphatic carbocycles. The first kappa shape index (κ1) is 12.0. The fourth-order valence-electron chi connectivity index (χ4n) is 1.91. The normalized spacial score (nSPS) is 22.2. The molecule has 0 amide bonds. The Kier molecular flexibility index (Phi) is 3.42. The summed E-state index contributed by atoms with van der Waals surface area (Å²) >= 11 is 5.69. The third-order valence-electron chi connectivity index (χ3n) is 2.86. The lowest BCUT2D eigenvalue weighted by Crippen LogP contribution is -2.09. The third kappa shape index (κ3) is 2.63. The average Bonchev–Trinajstić information content (AvgIpc) is 2.96. The Morgan fingerprint density at radius 2 is 2.41 bits per heavy atom. The summed E-state index contributed by atoms with van der Waals surface area (Å²) in [5.41, 5.74) is -0.240. The van der Waals surface area contributed by atoms with Crippen LogP contribution in [0.3, 0.4) is 0 Å². The predicted molar refractivity (Wildman–Crippen MR) is 64.1 cm³/mol. The van der Waals surface area contributed by atoms with Gasteiger partial charge in [0.1, 0.15) is 6.33 Å². The van der Waals surface area contributed by atoms with Gasteiger partial charge in [-0.1, -0.05) is 24.9 Å². The molecule has 1 aliphatic rings. The van der Waals surface area contributed by atoms with Gasteiger partial charge in [-0.15, -0.1) is 0 Å². The topological polar surface area (TPSA) is 81.0 Å². The van der Waals surface area contributed by atoms with Crippen LogP contribution >= 0.6 is 11.6 Å². The zero-order valence-electron chi connectivity index (χ0n) is 9.39. The number of aromatic nitrogens is 2. The second-order valence-electron chi connectivity index (χ2n) is 4.15. The molecule has 0 aromatic carbocycles. The van der Waals surface area contributed by atoms with Crippen LogP contribution in [0.2, 0.25) is 5.15 Å². The van der Waals surface area contributed by atoms with E-state index in [2.05, 4.69) is 22.2 Å². The van der Waals surface area contributed by atoms with Gasteiger partial charge in [-0.25, -0.2) is 9.97 Å². The average molecular weight is 257 g/mol. The predicted octanol–water partition coefficient (Wildman–Crippen LogP) is 2.64. The number of rotatable bonds is 5. The van der Waals surface area contributed by atoms with E-state index in [9.17, 15) is 10.1 Å². The highest BCUT2D eigenvalue weighted by Crippen LogP contribution is 2.39. The van der Waals surface area contributed by atoms with E-state index in [0.29, 0.717) is 5.92 Å². The summed E-state index contributed by atoms with van der Waals surface area (Å²) in [4.78, 5) is 17.8. The van der Waals surface area contributed by atoms with Crippen molar-refractivity contribution in [2.75, 3.05) is 5.32 Å². The van der Waals surface area contributed by atoms with E-state index < -0.39 is 4.92 Å². The molecular formula is C10H13ClN4O2. The first-order valence-electron chi connectivity index (χ1n) is 5.55. The fraction of sp³-hybridized carbons (Fsp3) is 0.600. The fourth-order valence-corrected chi connectivity index (χ4v) is 2.12. The van der Waals surface area contributed by atoms with Gasteiger partial charge in [-0.05, 0) is 18.8 Å². The number of nitrogens with zero attached hydrogens (tertiary/aromatic N) is 3. The molecule has 1 heterocycles. The zero-order valence-corrected chi connectivity index (χ0v) is 10.1. The highest BCUT2D eigenvalue weighted by molar-refractivity contribution is 6.31. The first-order chi connectivity index (χ1) is 8.13. The van der Waals surface area contributed by atoms with Crippen LogP contribution in [0.4, 0.5) is 11.5 Å². The van der Waals surface area contributed by atoms with Gasteiger partial charge >= 0.3 is 5.69 Å². The molecule has 0 saturated heterocycles. The largest absolute Gasteiger partial charge is 0.361 e. The van der Waals surface area contributed by atoms with E-state index in [1.54, 1.807) is 0 Å². The molecule has 17 heavy (non-hydrogen) atoms. The summed E-state index contributed by atoms with van der Waals surface area (Å²) < 4.78 is 0. The molecule has 1 fully saturated rings. The van der Waals surface area contributed by atoms with Crippen molar-refractivity contribution in [2.24, 2.45) is 5.92 Å². The minimum absolute atomic E-state index is 0.125. The molecular weight excluding hydrogens is 244 g/mol. The maximum Gasteiger partial charge on any atom is 0.348 e. The smallest absolute Gasteiger partial charge is 0.348 e. The Morgan fingerprint density at radius 3 is 3.06 bits per heavy atom. The lowest BCUT2D eigenvalue weighted by Gasteiger charge is -2.05. The Balaban J connectivity index is 2.11. The lowest BCUT2D eigenvalue weighted by molar-refractivity contribution is -0.384. The Morgan fingerprint density at radius 1 is 1.65 bits per heavy atom. The molecule has 7 heteroatoms. The molecule has 1 aromatic rings. The van der Waals surface area contributed by atoms with Crippen LogP contribution in [-0.2, 0) is 0 Å². The van der Waals surface area contributed by atoms with Gasteiger partial charge in [-0.2, -0.15) is 0 Å². The number of nitrogens with one attached hydrogen (secondary N) is 1. The van der Waals surface area contributed by atoms with Crippen LogP contribution in [-0.4, -0.2) is 20.9 Å².